The first-order valence-corrected chi connectivity index (χ1v) is 11.8. The fraction of sp³-hybridized carbons (Fsp3) is 0.333. The zero-order valence-corrected chi connectivity index (χ0v) is 20.1. The van der Waals surface area contributed by atoms with E-state index in [1.807, 2.05) is 0 Å². The predicted molar refractivity (Wildman–Crippen MR) is 126 cm³/mol. The molecule has 202 valence electrons. The average molecular weight is 556 g/mol. The monoisotopic (exact) mass is 556 g/mol. The first kappa shape index (κ1) is 26.8. The molecule has 4 rings (SSSR count). The molecule has 0 aliphatic carbocycles. The van der Waals surface area contributed by atoms with Gasteiger partial charge >= 0.3 is 30.4 Å². The molecule has 38 heavy (non-hydrogen) atoms. The van der Waals surface area contributed by atoms with Gasteiger partial charge in [-0.05, 0) is 18.2 Å². The third-order valence-corrected chi connectivity index (χ3v) is 6.08. The lowest BCUT2D eigenvalue weighted by Crippen LogP contribution is -2.37. The molecular formula is C21H19F3N6O7S. The van der Waals surface area contributed by atoms with Crippen molar-refractivity contribution in [2.24, 2.45) is 4.99 Å². The number of aromatic nitrogens is 1. The first-order valence-electron chi connectivity index (χ1n) is 10.9. The Kier molecular flexibility index (Phi) is 8.06. The van der Waals surface area contributed by atoms with Crippen LogP contribution in [0.3, 0.4) is 0 Å². The number of thiazole rings is 1. The molecule has 0 saturated carbocycles. The number of alkyl halides is 2. The van der Waals surface area contributed by atoms with Crippen molar-refractivity contribution in [1.29, 1.82) is 0 Å². The van der Waals surface area contributed by atoms with Crippen LogP contribution < -0.4 is 15.1 Å². The van der Waals surface area contributed by atoms with Crippen molar-refractivity contribution in [3.63, 3.8) is 0 Å². The molecular weight excluding hydrogens is 537 g/mol. The van der Waals surface area contributed by atoms with Crippen LogP contribution in [0.25, 0.3) is 0 Å². The molecule has 2 aliphatic rings. The molecule has 13 nitrogen and oxygen atoms in total. The Balaban J connectivity index is 1.36. The lowest BCUT2D eigenvalue weighted by Gasteiger charge is -2.23. The summed E-state index contributed by atoms with van der Waals surface area (Å²) in [7, 11) is 0. The number of hydrogen-bond acceptors (Lipinski definition) is 9. The van der Waals surface area contributed by atoms with E-state index >= 15 is 4.39 Å². The Bertz CT molecular complexity index is 1280. The smallest absolute Gasteiger partial charge is 0.415 e. The lowest BCUT2D eigenvalue weighted by molar-refractivity contribution is -0.128. The van der Waals surface area contributed by atoms with Crippen LogP contribution in [0.5, 0.6) is 0 Å². The number of carbonyl (C=O) groups excluding carboxylic acids is 3. The van der Waals surface area contributed by atoms with Crippen LogP contribution in [-0.2, 0) is 14.4 Å². The standard InChI is InChI=1S/C21H19F3N6O7S/c22-13-7-11(29-9-12(37-21(29)35)8-25-17(31)16(23)24)1-2-15(13)28-3-4-30(36-6-5-28)20(34)27-19-26-14(10-38-19)18(32)33/h1-2,7-8,10,12,16H,3-6,9H2,(H,32,33)(H,26,27,34)/t12-/m0/s1. The number of carbonyl (C=O) groups is 4. The zero-order chi connectivity index (χ0) is 27.4. The number of carboxylic acid groups (broad SMARTS) is 1. The number of nitrogens with one attached hydrogen (secondary N) is 1. The summed E-state index contributed by atoms with van der Waals surface area (Å²) in [6, 6.07) is 3.31. The highest BCUT2D eigenvalue weighted by Gasteiger charge is 2.32. The maximum atomic E-state index is 15.0. The van der Waals surface area contributed by atoms with Crippen molar-refractivity contribution in [2.75, 3.05) is 47.9 Å². The van der Waals surface area contributed by atoms with Crippen molar-refractivity contribution in [3.8, 4) is 0 Å². The SMILES string of the molecule is O=C(O)c1csc(NC(=O)N2CCN(c3ccc(N4C[C@H](C=NC(=O)C(F)F)OC4=O)cc3F)CCO2)n1. The Morgan fingerprint density at radius 2 is 2.05 bits per heavy atom. The topological polar surface area (TPSA) is 154 Å². The van der Waals surface area contributed by atoms with Crippen LogP contribution in [0.1, 0.15) is 10.5 Å². The molecule has 1 atom stereocenters. The van der Waals surface area contributed by atoms with Gasteiger partial charge in [0.1, 0.15) is 5.82 Å². The quantitative estimate of drug-likeness (QED) is 0.511. The highest BCUT2D eigenvalue weighted by Crippen LogP contribution is 2.28. The number of nitrogens with zero attached hydrogens (tertiary/aromatic N) is 5. The second kappa shape index (κ2) is 11.4. The van der Waals surface area contributed by atoms with E-state index in [4.69, 9.17) is 14.7 Å². The van der Waals surface area contributed by atoms with Gasteiger partial charge in [0, 0.05) is 18.5 Å². The second-order valence-corrected chi connectivity index (χ2v) is 8.64. The number of hydrogen-bond donors (Lipinski definition) is 2. The summed E-state index contributed by atoms with van der Waals surface area (Å²) in [5.41, 5.74) is 0.113. The summed E-state index contributed by atoms with van der Waals surface area (Å²) in [5, 5.41) is 13.8. The Hall–Kier alpha value is -4.25. The highest BCUT2D eigenvalue weighted by molar-refractivity contribution is 7.14. The van der Waals surface area contributed by atoms with Crippen LogP contribution in [0, 0.1) is 5.82 Å². The fourth-order valence-corrected chi connectivity index (χ4v) is 4.21. The van der Waals surface area contributed by atoms with Crippen LogP contribution in [-0.4, -0.2) is 90.7 Å². The molecule has 0 bridgehead atoms. The number of rotatable bonds is 6. The van der Waals surface area contributed by atoms with Gasteiger partial charge in [-0.2, -0.15) is 8.78 Å². The van der Waals surface area contributed by atoms with E-state index in [0.29, 0.717) is 0 Å². The van der Waals surface area contributed by atoms with Gasteiger partial charge in [0.05, 0.1) is 37.3 Å². The number of aliphatic imine (C=N–C) groups is 1. The van der Waals surface area contributed by atoms with Gasteiger partial charge in [-0.25, -0.2) is 33.8 Å². The number of anilines is 3. The summed E-state index contributed by atoms with van der Waals surface area (Å²) < 4.78 is 44.6. The van der Waals surface area contributed by atoms with Crippen molar-refractivity contribution < 1.29 is 47.0 Å². The van der Waals surface area contributed by atoms with Crippen LogP contribution in [0.2, 0.25) is 0 Å². The van der Waals surface area contributed by atoms with E-state index in [2.05, 4.69) is 15.3 Å². The van der Waals surface area contributed by atoms with Crippen LogP contribution >= 0.6 is 11.3 Å². The Morgan fingerprint density at radius 1 is 1.26 bits per heavy atom. The average Bonchev–Trinajstić information content (AvgIpc) is 3.41. The third-order valence-electron chi connectivity index (χ3n) is 5.32. The van der Waals surface area contributed by atoms with Gasteiger partial charge in [0.25, 0.3) is 0 Å². The van der Waals surface area contributed by atoms with Gasteiger partial charge in [0.15, 0.2) is 16.9 Å². The van der Waals surface area contributed by atoms with Gasteiger partial charge in [-0.15, -0.1) is 11.3 Å². The maximum Gasteiger partial charge on any atom is 0.415 e. The third kappa shape index (κ3) is 6.17. The van der Waals surface area contributed by atoms with Crippen molar-refractivity contribution in [2.45, 2.75) is 12.5 Å². The highest BCUT2D eigenvalue weighted by atomic mass is 32.1. The molecule has 2 N–H and O–H groups in total. The number of carboxylic acids is 1. The molecule has 17 heteroatoms. The summed E-state index contributed by atoms with van der Waals surface area (Å²) >= 11 is 0.936. The minimum atomic E-state index is -3.28. The predicted octanol–water partition coefficient (Wildman–Crippen LogP) is 2.45. The number of ether oxygens (including phenoxy) is 1. The van der Waals surface area contributed by atoms with E-state index < -0.39 is 42.3 Å². The Morgan fingerprint density at radius 3 is 2.74 bits per heavy atom. The summed E-state index contributed by atoms with van der Waals surface area (Å²) in [6.45, 7) is 0.324. The number of halogens is 3. The molecule has 2 saturated heterocycles. The number of cyclic esters (lactones) is 1. The maximum absolute atomic E-state index is 15.0. The number of aromatic carboxylic acids is 1. The largest absolute Gasteiger partial charge is 0.476 e. The van der Waals surface area contributed by atoms with Gasteiger partial charge in [-0.1, -0.05) is 0 Å². The van der Waals surface area contributed by atoms with Crippen molar-refractivity contribution >= 4 is 58.1 Å². The molecule has 1 aromatic heterocycles. The molecule has 4 amide bonds. The molecule has 0 unspecified atom stereocenters. The normalized spacial score (nSPS) is 18.2. The number of amides is 4. The Labute approximate surface area is 216 Å². The van der Waals surface area contributed by atoms with Crippen LogP contribution in [0.4, 0.5) is 39.3 Å². The molecule has 2 aliphatic heterocycles. The molecule has 0 radical (unpaired) electrons. The van der Waals surface area contributed by atoms with E-state index in [1.54, 1.807) is 4.90 Å². The lowest BCUT2D eigenvalue weighted by atomic mass is 10.2. The minimum absolute atomic E-state index is 0.0314. The van der Waals surface area contributed by atoms with E-state index in [0.717, 1.165) is 33.6 Å². The van der Waals surface area contributed by atoms with Crippen LogP contribution in [0.15, 0.2) is 28.6 Å². The minimum Gasteiger partial charge on any atom is -0.476 e. The van der Waals surface area contributed by atoms with Gasteiger partial charge < -0.3 is 14.7 Å². The second-order valence-electron chi connectivity index (χ2n) is 7.78. The molecule has 3 heterocycles. The number of urea groups is 1. The molecule has 1 aromatic carbocycles. The fourth-order valence-electron chi connectivity index (χ4n) is 3.54. The van der Waals surface area contributed by atoms with E-state index in [1.165, 1.54) is 17.5 Å². The zero-order valence-electron chi connectivity index (χ0n) is 19.3. The van der Waals surface area contributed by atoms with Gasteiger partial charge in [-0.3, -0.25) is 19.8 Å². The van der Waals surface area contributed by atoms with E-state index in [-0.39, 0.29) is 55.0 Å². The van der Waals surface area contributed by atoms with Crippen molar-refractivity contribution in [3.05, 3.63) is 35.1 Å². The number of benzene rings is 1. The molecule has 2 fully saturated rings. The van der Waals surface area contributed by atoms with Gasteiger partial charge in [0.2, 0.25) is 0 Å². The molecule has 2 aromatic rings. The summed E-state index contributed by atoms with van der Waals surface area (Å²) in [4.78, 5) is 61.5. The molecule has 0 spiro atoms. The van der Waals surface area contributed by atoms with E-state index in [9.17, 15) is 28.0 Å². The number of hydroxylamine groups is 2. The summed E-state index contributed by atoms with van der Waals surface area (Å²) in [5.74, 6) is -3.57. The first-order chi connectivity index (χ1) is 18.1. The van der Waals surface area contributed by atoms with Crippen molar-refractivity contribution in [1.82, 2.24) is 10.0 Å². The summed E-state index contributed by atoms with van der Waals surface area (Å²) in [6.07, 6.45) is -4.40.